The average Bonchev–Trinajstić information content (AvgIpc) is 2.48. The summed E-state index contributed by atoms with van der Waals surface area (Å²) in [5, 5.41) is 0. The first-order chi connectivity index (χ1) is 10.3. The van der Waals surface area contributed by atoms with Crippen LogP contribution in [0.2, 0.25) is 0 Å². The summed E-state index contributed by atoms with van der Waals surface area (Å²) in [6.07, 6.45) is 20.1. The number of nitrogens with two attached hydrogens (primary N) is 1. The smallest absolute Gasteiger partial charge is 0.0102 e. The summed E-state index contributed by atoms with van der Waals surface area (Å²) in [4.78, 5) is 2.35. The van der Waals surface area contributed by atoms with E-state index in [1.165, 1.54) is 96.4 Å². The normalized spacial score (nSPS) is 11.4. The lowest BCUT2D eigenvalue weighted by molar-refractivity contribution is 0.332. The molecule has 0 spiro atoms. The topological polar surface area (TPSA) is 29.3 Å². The molecule has 2 N–H and O–H groups in total. The van der Waals surface area contributed by atoms with Crippen LogP contribution in [0.25, 0.3) is 0 Å². The zero-order valence-electron chi connectivity index (χ0n) is 15.0. The molecule has 0 radical (unpaired) electrons. The summed E-state index contributed by atoms with van der Waals surface area (Å²) >= 11 is 0. The highest BCUT2D eigenvalue weighted by atomic mass is 15.1. The van der Waals surface area contributed by atoms with Gasteiger partial charge in [0.2, 0.25) is 0 Å². The molecular weight excluding hydrogens is 256 g/mol. The van der Waals surface area contributed by atoms with Gasteiger partial charge in [0.1, 0.15) is 0 Å². The fourth-order valence-electron chi connectivity index (χ4n) is 2.91. The van der Waals surface area contributed by atoms with E-state index in [4.69, 9.17) is 5.73 Å². The van der Waals surface area contributed by atoms with E-state index in [0.29, 0.717) is 0 Å². The van der Waals surface area contributed by atoms with Gasteiger partial charge in [0.25, 0.3) is 0 Å². The van der Waals surface area contributed by atoms with Crippen LogP contribution in [0.3, 0.4) is 0 Å². The Kier molecular flexibility index (Phi) is 17.9. The van der Waals surface area contributed by atoms with Crippen LogP contribution in [-0.2, 0) is 0 Å². The van der Waals surface area contributed by atoms with Crippen molar-refractivity contribution in [3.05, 3.63) is 0 Å². The lowest BCUT2D eigenvalue weighted by Crippen LogP contribution is -2.26. The van der Waals surface area contributed by atoms with Crippen molar-refractivity contribution in [2.75, 3.05) is 26.7 Å². The number of hydrogen-bond acceptors (Lipinski definition) is 2. The zero-order valence-corrected chi connectivity index (χ0v) is 15.0. The van der Waals surface area contributed by atoms with Crippen LogP contribution < -0.4 is 5.73 Å². The highest BCUT2D eigenvalue weighted by molar-refractivity contribution is 4.53. The summed E-state index contributed by atoms with van der Waals surface area (Å²) < 4.78 is 0. The molecule has 21 heavy (non-hydrogen) atoms. The van der Waals surface area contributed by atoms with Crippen LogP contribution in [0.5, 0.6) is 0 Å². The monoisotopic (exact) mass is 298 g/mol. The molecule has 128 valence electrons. The second-order valence-electron chi connectivity index (χ2n) is 6.69. The number of nitrogens with zero attached hydrogens (tertiary/aromatic N) is 1. The van der Waals surface area contributed by atoms with E-state index in [2.05, 4.69) is 18.9 Å². The van der Waals surface area contributed by atoms with Gasteiger partial charge >= 0.3 is 0 Å². The van der Waals surface area contributed by atoms with Crippen molar-refractivity contribution in [3.63, 3.8) is 0 Å². The molecule has 0 saturated heterocycles. The zero-order chi connectivity index (χ0) is 15.6. The van der Waals surface area contributed by atoms with E-state index < -0.39 is 0 Å². The highest BCUT2D eigenvalue weighted by Crippen LogP contribution is 2.12. The molecule has 0 aliphatic carbocycles. The van der Waals surface area contributed by atoms with Gasteiger partial charge in [-0.3, -0.25) is 0 Å². The average molecular weight is 299 g/mol. The SMILES string of the molecule is CCCCCCCCCCCCCCCCN(C)CCN. The van der Waals surface area contributed by atoms with Crippen molar-refractivity contribution < 1.29 is 0 Å². The number of hydrogen-bond donors (Lipinski definition) is 1. The van der Waals surface area contributed by atoms with Crippen LogP contribution >= 0.6 is 0 Å². The Balaban J connectivity index is 2.99. The van der Waals surface area contributed by atoms with E-state index in [-0.39, 0.29) is 0 Å². The largest absolute Gasteiger partial charge is 0.329 e. The molecule has 0 aliphatic heterocycles. The van der Waals surface area contributed by atoms with Crippen molar-refractivity contribution >= 4 is 0 Å². The summed E-state index contributed by atoms with van der Waals surface area (Å²) in [5.41, 5.74) is 5.54. The standard InChI is InChI=1S/C19H42N2/c1-3-4-5-6-7-8-9-10-11-12-13-14-15-16-18-21(2)19-17-20/h3-20H2,1-2H3. The van der Waals surface area contributed by atoms with E-state index in [0.717, 1.165) is 13.1 Å². The Morgan fingerprint density at radius 1 is 0.571 bits per heavy atom. The summed E-state index contributed by atoms with van der Waals surface area (Å²) in [5.74, 6) is 0. The van der Waals surface area contributed by atoms with E-state index in [9.17, 15) is 0 Å². The van der Waals surface area contributed by atoms with Crippen molar-refractivity contribution in [2.24, 2.45) is 5.73 Å². The Labute approximate surface area is 134 Å². The van der Waals surface area contributed by atoms with E-state index in [1.54, 1.807) is 0 Å². The Hall–Kier alpha value is -0.0800. The van der Waals surface area contributed by atoms with Crippen LogP contribution in [0, 0.1) is 0 Å². The molecule has 0 unspecified atom stereocenters. The minimum absolute atomic E-state index is 0.787. The molecule has 0 saturated carbocycles. The van der Waals surface area contributed by atoms with Gasteiger partial charge in [-0.1, -0.05) is 90.4 Å². The van der Waals surface area contributed by atoms with Crippen molar-refractivity contribution in [3.8, 4) is 0 Å². The first-order valence-corrected chi connectivity index (χ1v) is 9.70. The molecule has 0 aromatic heterocycles. The molecule has 2 heteroatoms. The van der Waals surface area contributed by atoms with Gasteiger partial charge in [-0.15, -0.1) is 0 Å². The van der Waals surface area contributed by atoms with Gasteiger partial charge in [-0.05, 0) is 20.0 Å². The van der Waals surface area contributed by atoms with Crippen LogP contribution in [-0.4, -0.2) is 31.6 Å². The first-order valence-electron chi connectivity index (χ1n) is 9.70. The maximum absolute atomic E-state index is 5.54. The Bertz CT molecular complexity index is 182. The van der Waals surface area contributed by atoms with Crippen molar-refractivity contribution in [2.45, 2.75) is 96.8 Å². The second-order valence-corrected chi connectivity index (χ2v) is 6.69. The molecule has 0 aromatic rings. The van der Waals surface area contributed by atoms with Gasteiger partial charge in [0, 0.05) is 13.1 Å². The minimum Gasteiger partial charge on any atom is -0.329 e. The van der Waals surface area contributed by atoms with Crippen LogP contribution in [0.4, 0.5) is 0 Å². The predicted octanol–water partition coefficient (Wildman–Crippen LogP) is 5.36. The minimum atomic E-state index is 0.787. The molecule has 2 nitrogen and oxygen atoms in total. The molecule has 0 fully saturated rings. The molecule has 0 aromatic carbocycles. The molecule has 0 aliphatic rings. The molecular formula is C19H42N2. The fraction of sp³-hybridized carbons (Fsp3) is 1.00. The third-order valence-corrected chi connectivity index (χ3v) is 4.40. The number of likely N-dealkylation sites (N-methyl/N-ethyl adjacent to an activating group) is 1. The van der Waals surface area contributed by atoms with Gasteiger partial charge in [0.15, 0.2) is 0 Å². The third kappa shape index (κ3) is 17.9. The molecule has 0 atom stereocenters. The van der Waals surface area contributed by atoms with Gasteiger partial charge < -0.3 is 10.6 Å². The fourth-order valence-corrected chi connectivity index (χ4v) is 2.91. The maximum Gasteiger partial charge on any atom is 0.0102 e. The van der Waals surface area contributed by atoms with Gasteiger partial charge in [-0.25, -0.2) is 0 Å². The molecule has 0 rings (SSSR count). The quantitative estimate of drug-likeness (QED) is 0.366. The number of rotatable bonds is 17. The lowest BCUT2D eigenvalue weighted by Gasteiger charge is -2.14. The first kappa shape index (κ1) is 20.9. The molecule has 0 bridgehead atoms. The molecule has 0 amide bonds. The third-order valence-electron chi connectivity index (χ3n) is 4.40. The highest BCUT2D eigenvalue weighted by Gasteiger charge is 1.97. The van der Waals surface area contributed by atoms with Gasteiger partial charge in [0.05, 0.1) is 0 Å². The van der Waals surface area contributed by atoms with Crippen LogP contribution in [0.1, 0.15) is 96.8 Å². The Morgan fingerprint density at radius 2 is 0.952 bits per heavy atom. The summed E-state index contributed by atoms with van der Waals surface area (Å²) in [6, 6.07) is 0. The number of unbranched alkanes of at least 4 members (excludes halogenated alkanes) is 13. The maximum atomic E-state index is 5.54. The van der Waals surface area contributed by atoms with Crippen LogP contribution in [0.15, 0.2) is 0 Å². The van der Waals surface area contributed by atoms with Crippen molar-refractivity contribution in [1.82, 2.24) is 4.90 Å². The summed E-state index contributed by atoms with van der Waals surface area (Å²) in [6.45, 7) is 5.33. The Morgan fingerprint density at radius 3 is 1.33 bits per heavy atom. The predicted molar refractivity (Wildman–Crippen MR) is 96.9 cm³/mol. The second kappa shape index (κ2) is 18.0. The summed E-state index contributed by atoms with van der Waals surface area (Å²) in [7, 11) is 2.18. The lowest BCUT2D eigenvalue weighted by atomic mass is 10.0. The molecule has 0 heterocycles. The van der Waals surface area contributed by atoms with E-state index in [1.807, 2.05) is 0 Å². The van der Waals surface area contributed by atoms with Gasteiger partial charge in [-0.2, -0.15) is 0 Å². The van der Waals surface area contributed by atoms with E-state index >= 15 is 0 Å². The van der Waals surface area contributed by atoms with Crippen molar-refractivity contribution in [1.29, 1.82) is 0 Å².